The van der Waals surface area contributed by atoms with Crippen LogP contribution in [0.3, 0.4) is 0 Å². The van der Waals surface area contributed by atoms with Crippen LogP contribution in [0.2, 0.25) is 0 Å². The minimum absolute atomic E-state index is 0.00994. The second-order valence-electron chi connectivity index (χ2n) is 5.11. The van der Waals surface area contributed by atoms with Gasteiger partial charge in [0.2, 0.25) is 10.0 Å². The van der Waals surface area contributed by atoms with Gasteiger partial charge in [-0.05, 0) is 32.8 Å². The van der Waals surface area contributed by atoms with E-state index in [0.29, 0.717) is 13.1 Å². The summed E-state index contributed by atoms with van der Waals surface area (Å²) in [6.07, 6.45) is 4.15. The lowest BCUT2D eigenvalue weighted by molar-refractivity contribution is 0.0685. The number of carboxylic acid groups (broad SMARTS) is 1. The molecule has 7 heteroatoms. The van der Waals surface area contributed by atoms with Gasteiger partial charge in [-0.3, -0.25) is 0 Å². The van der Waals surface area contributed by atoms with Crippen molar-refractivity contribution in [1.82, 2.24) is 8.87 Å². The maximum atomic E-state index is 12.6. The second kappa shape index (κ2) is 5.57. The van der Waals surface area contributed by atoms with Crippen molar-refractivity contribution < 1.29 is 18.3 Å². The van der Waals surface area contributed by atoms with Crippen molar-refractivity contribution in [1.29, 1.82) is 0 Å². The highest BCUT2D eigenvalue weighted by molar-refractivity contribution is 7.89. The largest absolute Gasteiger partial charge is 0.477 e. The fourth-order valence-corrected chi connectivity index (χ4v) is 4.37. The summed E-state index contributed by atoms with van der Waals surface area (Å²) in [6.45, 7) is 4.61. The second-order valence-corrected chi connectivity index (χ2v) is 7.00. The zero-order valence-electron chi connectivity index (χ0n) is 11.7. The smallest absolute Gasteiger partial charge is 0.352 e. The molecule has 1 saturated heterocycles. The predicted molar refractivity (Wildman–Crippen MR) is 74.3 cm³/mol. The molecule has 0 amide bonds. The van der Waals surface area contributed by atoms with Gasteiger partial charge in [-0.15, -0.1) is 0 Å². The molecule has 0 radical (unpaired) electrons. The molecule has 2 rings (SSSR count). The number of hydrogen-bond donors (Lipinski definition) is 1. The molecule has 1 unspecified atom stereocenters. The van der Waals surface area contributed by atoms with Gasteiger partial charge >= 0.3 is 5.97 Å². The fourth-order valence-electron chi connectivity index (χ4n) is 2.63. The Kier molecular flexibility index (Phi) is 4.19. The Hall–Kier alpha value is -1.34. The Morgan fingerprint density at radius 3 is 2.65 bits per heavy atom. The Morgan fingerprint density at radius 2 is 2.15 bits per heavy atom. The zero-order valence-corrected chi connectivity index (χ0v) is 12.6. The van der Waals surface area contributed by atoms with Crippen LogP contribution in [-0.4, -0.2) is 41.0 Å². The lowest BCUT2D eigenvalue weighted by Crippen LogP contribution is -2.41. The molecule has 0 aliphatic carbocycles. The number of hydrogen-bond acceptors (Lipinski definition) is 3. The van der Waals surface area contributed by atoms with Crippen molar-refractivity contribution in [3.8, 4) is 0 Å². The molecule has 1 aromatic rings. The van der Waals surface area contributed by atoms with E-state index in [-0.39, 0.29) is 16.6 Å². The van der Waals surface area contributed by atoms with E-state index >= 15 is 0 Å². The van der Waals surface area contributed by atoms with Crippen molar-refractivity contribution in [3.05, 3.63) is 18.0 Å². The highest BCUT2D eigenvalue weighted by Crippen LogP contribution is 2.26. The van der Waals surface area contributed by atoms with Gasteiger partial charge in [0.15, 0.2) is 0 Å². The Balaban J connectivity index is 2.41. The average molecular weight is 300 g/mol. The molecule has 1 N–H and O–H groups in total. The molecule has 2 heterocycles. The third-order valence-corrected chi connectivity index (χ3v) is 5.76. The van der Waals surface area contributed by atoms with Crippen molar-refractivity contribution in [2.24, 2.45) is 0 Å². The van der Waals surface area contributed by atoms with Gasteiger partial charge in [-0.2, -0.15) is 4.31 Å². The maximum absolute atomic E-state index is 12.6. The predicted octanol–water partition coefficient (Wildman–Crippen LogP) is 1.77. The summed E-state index contributed by atoms with van der Waals surface area (Å²) in [7, 11) is -3.61. The van der Waals surface area contributed by atoms with E-state index in [1.807, 2.05) is 6.92 Å². The van der Waals surface area contributed by atoms with Crippen molar-refractivity contribution in [3.63, 3.8) is 0 Å². The van der Waals surface area contributed by atoms with Gasteiger partial charge in [0.1, 0.15) is 10.6 Å². The number of carboxylic acids is 1. The van der Waals surface area contributed by atoms with E-state index < -0.39 is 16.0 Å². The first-order chi connectivity index (χ1) is 9.37. The van der Waals surface area contributed by atoms with Crippen molar-refractivity contribution in [2.45, 2.75) is 50.6 Å². The summed E-state index contributed by atoms with van der Waals surface area (Å²) < 4.78 is 28.2. The number of rotatable bonds is 4. The SMILES string of the molecule is CCn1cc(S(=O)(=O)N2CCCCC2C)cc1C(=O)O. The van der Waals surface area contributed by atoms with Crippen LogP contribution in [0.4, 0.5) is 0 Å². The van der Waals surface area contributed by atoms with E-state index in [0.717, 1.165) is 19.3 Å². The number of nitrogens with zero attached hydrogens (tertiary/aromatic N) is 2. The number of carbonyl (C=O) groups is 1. The summed E-state index contributed by atoms with van der Waals surface area (Å²) in [5.74, 6) is -1.11. The number of piperidine rings is 1. The van der Waals surface area contributed by atoms with E-state index in [2.05, 4.69) is 0 Å². The standard InChI is InChI=1S/C13H20N2O4S/c1-3-14-9-11(8-12(14)13(16)17)20(18,19)15-7-5-4-6-10(15)2/h8-10H,3-7H2,1-2H3,(H,16,17). The van der Waals surface area contributed by atoms with Crippen LogP contribution in [0.5, 0.6) is 0 Å². The maximum Gasteiger partial charge on any atom is 0.352 e. The van der Waals surface area contributed by atoms with Crippen LogP contribution in [0, 0.1) is 0 Å². The molecule has 1 atom stereocenters. The third kappa shape index (κ3) is 2.60. The van der Waals surface area contributed by atoms with Crippen LogP contribution in [0.1, 0.15) is 43.6 Å². The molecule has 20 heavy (non-hydrogen) atoms. The fraction of sp³-hybridized carbons (Fsp3) is 0.615. The van der Waals surface area contributed by atoms with Crippen molar-refractivity contribution in [2.75, 3.05) is 6.54 Å². The van der Waals surface area contributed by atoms with E-state index in [1.165, 1.54) is 21.1 Å². The average Bonchev–Trinajstić information content (AvgIpc) is 2.84. The number of aromatic carboxylic acids is 1. The Labute approximate surface area is 119 Å². The lowest BCUT2D eigenvalue weighted by atomic mass is 10.1. The van der Waals surface area contributed by atoms with Crippen molar-refractivity contribution >= 4 is 16.0 Å². The first-order valence-corrected chi connectivity index (χ1v) is 8.27. The first-order valence-electron chi connectivity index (χ1n) is 6.83. The number of sulfonamides is 1. The van der Waals surface area contributed by atoms with Gasteiger partial charge in [0.05, 0.1) is 0 Å². The van der Waals surface area contributed by atoms with E-state index in [9.17, 15) is 13.2 Å². The molecule has 1 aliphatic rings. The van der Waals surface area contributed by atoms with Gasteiger partial charge < -0.3 is 9.67 Å². The third-order valence-electron chi connectivity index (χ3n) is 3.78. The minimum Gasteiger partial charge on any atom is -0.477 e. The molecule has 0 spiro atoms. The van der Waals surface area contributed by atoms with E-state index in [4.69, 9.17) is 5.11 Å². The van der Waals surface area contributed by atoms with Gasteiger partial charge in [0, 0.05) is 25.3 Å². The molecule has 112 valence electrons. The monoisotopic (exact) mass is 300 g/mol. The molecule has 0 saturated carbocycles. The number of aromatic nitrogens is 1. The van der Waals surface area contributed by atoms with E-state index in [1.54, 1.807) is 6.92 Å². The quantitative estimate of drug-likeness (QED) is 0.919. The normalized spacial score (nSPS) is 21.0. The zero-order chi connectivity index (χ0) is 14.9. The summed E-state index contributed by atoms with van der Waals surface area (Å²) in [6, 6.07) is 1.22. The van der Waals surface area contributed by atoms with Crippen LogP contribution in [0.25, 0.3) is 0 Å². The van der Waals surface area contributed by atoms with Crippen LogP contribution < -0.4 is 0 Å². The Morgan fingerprint density at radius 1 is 1.45 bits per heavy atom. The van der Waals surface area contributed by atoms with Gasteiger partial charge in [-0.1, -0.05) is 6.42 Å². The van der Waals surface area contributed by atoms with Crippen LogP contribution in [-0.2, 0) is 16.6 Å². The lowest BCUT2D eigenvalue weighted by Gasteiger charge is -2.31. The van der Waals surface area contributed by atoms with Gasteiger partial charge in [0.25, 0.3) is 0 Å². The van der Waals surface area contributed by atoms with Crippen LogP contribution in [0.15, 0.2) is 17.2 Å². The summed E-state index contributed by atoms with van der Waals surface area (Å²) >= 11 is 0. The summed E-state index contributed by atoms with van der Waals surface area (Å²) in [4.78, 5) is 11.2. The minimum atomic E-state index is -3.61. The highest BCUT2D eigenvalue weighted by atomic mass is 32.2. The topological polar surface area (TPSA) is 79.6 Å². The molecular weight excluding hydrogens is 280 g/mol. The molecule has 6 nitrogen and oxygen atoms in total. The number of aryl methyl sites for hydroxylation is 1. The first kappa shape index (κ1) is 15.1. The molecule has 1 fully saturated rings. The Bertz CT molecular complexity index is 606. The molecular formula is C13H20N2O4S. The molecule has 0 bridgehead atoms. The van der Waals surface area contributed by atoms with Gasteiger partial charge in [-0.25, -0.2) is 13.2 Å². The highest BCUT2D eigenvalue weighted by Gasteiger charge is 2.32. The summed E-state index contributed by atoms with van der Waals surface area (Å²) in [5.41, 5.74) is 0.00994. The molecule has 1 aromatic heterocycles. The molecule has 0 aromatic carbocycles. The van der Waals surface area contributed by atoms with Crippen LogP contribution >= 0.6 is 0 Å². The molecule has 1 aliphatic heterocycles. The summed E-state index contributed by atoms with van der Waals surface area (Å²) in [5, 5.41) is 9.11.